The maximum atomic E-state index is 12.5. The van der Waals surface area contributed by atoms with Gasteiger partial charge in [0.25, 0.3) is 0 Å². The zero-order valence-electron chi connectivity index (χ0n) is 17.8. The van der Waals surface area contributed by atoms with Gasteiger partial charge in [0.1, 0.15) is 17.3 Å². The van der Waals surface area contributed by atoms with Crippen molar-refractivity contribution < 1.29 is 19.1 Å². The summed E-state index contributed by atoms with van der Waals surface area (Å²) in [6, 6.07) is 16.7. The van der Waals surface area contributed by atoms with Crippen molar-refractivity contribution in [3.05, 3.63) is 87.5 Å². The van der Waals surface area contributed by atoms with Gasteiger partial charge in [0.05, 0.1) is 12.1 Å². The van der Waals surface area contributed by atoms with Gasteiger partial charge in [0, 0.05) is 18.0 Å². The van der Waals surface area contributed by atoms with Crippen molar-refractivity contribution in [2.45, 2.75) is 26.9 Å². The summed E-state index contributed by atoms with van der Waals surface area (Å²) >= 11 is 1.32. The number of ether oxygens (including phenoxy) is 1. The van der Waals surface area contributed by atoms with Gasteiger partial charge in [-0.05, 0) is 30.2 Å². The Labute approximate surface area is 190 Å². The van der Waals surface area contributed by atoms with Gasteiger partial charge in [0.2, 0.25) is 11.8 Å². The molecule has 164 valence electrons. The first-order chi connectivity index (χ1) is 15.4. The highest BCUT2D eigenvalue weighted by Crippen LogP contribution is 2.16. The van der Waals surface area contributed by atoms with E-state index in [2.05, 4.69) is 15.6 Å². The van der Waals surface area contributed by atoms with Crippen LogP contribution in [0, 0.1) is 6.92 Å². The second-order valence-corrected chi connectivity index (χ2v) is 7.94. The van der Waals surface area contributed by atoms with Crippen LogP contribution in [0.15, 0.2) is 65.7 Å². The molecule has 0 radical (unpaired) electrons. The van der Waals surface area contributed by atoms with E-state index in [1.165, 1.54) is 18.3 Å². The molecule has 8 heteroatoms. The Bertz CT molecular complexity index is 1140. The average molecular weight is 450 g/mol. The summed E-state index contributed by atoms with van der Waals surface area (Å²) in [6.45, 7) is 3.17. The summed E-state index contributed by atoms with van der Waals surface area (Å²) in [5.74, 6) is -1.22. The number of aromatic nitrogens is 1. The van der Waals surface area contributed by atoms with Crippen LogP contribution in [0.5, 0.6) is 0 Å². The van der Waals surface area contributed by atoms with E-state index in [1.807, 2.05) is 61.5 Å². The van der Waals surface area contributed by atoms with E-state index < -0.39 is 5.97 Å². The van der Waals surface area contributed by atoms with E-state index in [1.54, 1.807) is 11.5 Å². The smallest absolute Gasteiger partial charge is 0.355 e. The third-order valence-corrected chi connectivity index (χ3v) is 5.22. The minimum Gasteiger partial charge on any atom is -0.454 e. The lowest BCUT2D eigenvalue weighted by Crippen LogP contribution is -2.26. The number of rotatable bonds is 8. The lowest BCUT2D eigenvalue weighted by molar-refractivity contribution is -0.141. The molecule has 0 unspecified atom stereocenters. The number of aryl methyl sites for hydroxylation is 1. The number of nitrogens with one attached hydrogen (secondary N) is 2. The van der Waals surface area contributed by atoms with Crippen molar-refractivity contribution >= 4 is 40.9 Å². The molecule has 32 heavy (non-hydrogen) atoms. The number of nitrogens with zero attached hydrogens (tertiary/aromatic N) is 1. The molecule has 0 atom stereocenters. The topological polar surface area (TPSA) is 97.4 Å². The van der Waals surface area contributed by atoms with E-state index in [0.29, 0.717) is 10.7 Å². The van der Waals surface area contributed by atoms with Crippen LogP contribution in [-0.4, -0.2) is 22.8 Å². The Balaban J connectivity index is 1.58. The Morgan fingerprint density at radius 3 is 2.50 bits per heavy atom. The normalized spacial score (nSPS) is 11.0. The van der Waals surface area contributed by atoms with Gasteiger partial charge in [-0.1, -0.05) is 48.5 Å². The molecular weight excluding hydrogens is 426 g/mol. The summed E-state index contributed by atoms with van der Waals surface area (Å²) in [5.41, 5.74) is 3.06. The molecule has 0 bridgehead atoms. The van der Waals surface area contributed by atoms with Crippen LogP contribution >= 0.6 is 11.3 Å². The van der Waals surface area contributed by atoms with Crippen molar-refractivity contribution in [3.8, 4) is 0 Å². The van der Waals surface area contributed by atoms with Gasteiger partial charge in [-0.15, -0.1) is 11.3 Å². The van der Waals surface area contributed by atoms with Gasteiger partial charge in [0.15, 0.2) is 0 Å². The number of hydrogen-bond acceptors (Lipinski definition) is 6. The van der Waals surface area contributed by atoms with Crippen molar-refractivity contribution in [2.24, 2.45) is 0 Å². The molecule has 2 N–H and O–H groups in total. The Morgan fingerprint density at radius 2 is 1.78 bits per heavy atom. The predicted molar refractivity (Wildman–Crippen MR) is 124 cm³/mol. The van der Waals surface area contributed by atoms with Crippen LogP contribution in [0.4, 0.5) is 5.69 Å². The van der Waals surface area contributed by atoms with Gasteiger partial charge >= 0.3 is 5.97 Å². The van der Waals surface area contributed by atoms with Gasteiger partial charge in [-0.2, -0.15) is 0 Å². The van der Waals surface area contributed by atoms with E-state index in [0.717, 1.165) is 16.8 Å². The number of thiazole rings is 1. The highest BCUT2D eigenvalue weighted by molar-refractivity contribution is 7.09. The molecule has 0 aliphatic heterocycles. The highest BCUT2D eigenvalue weighted by Gasteiger charge is 2.15. The monoisotopic (exact) mass is 449 g/mol. The molecular formula is C24H23N3O4S. The molecule has 7 nitrogen and oxygen atoms in total. The molecule has 0 fully saturated rings. The zero-order valence-corrected chi connectivity index (χ0v) is 18.6. The third-order valence-electron chi connectivity index (χ3n) is 4.32. The Kier molecular flexibility index (Phi) is 7.88. The van der Waals surface area contributed by atoms with Crippen LogP contribution in [0.2, 0.25) is 0 Å². The lowest BCUT2D eigenvalue weighted by Gasteiger charge is -2.08. The minimum atomic E-state index is -0.670. The first-order valence-electron chi connectivity index (χ1n) is 9.91. The number of esters is 1. The minimum absolute atomic E-state index is 0.0387. The largest absolute Gasteiger partial charge is 0.454 e. The van der Waals surface area contributed by atoms with Crippen molar-refractivity contribution in [3.63, 3.8) is 0 Å². The molecule has 2 aromatic carbocycles. The number of para-hydroxylation sites is 1. The van der Waals surface area contributed by atoms with Crippen molar-refractivity contribution in [1.29, 1.82) is 0 Å². The quantitative estimate of drug-likeness (QED) is 0.402. The lowest BCUT2D eigenvalue weighted by atomic mass is 10.2. The SMILES string of the molecule is CC(=O)NC(=Cc1ccccc1)C(=O)OCc1csc(CC(=O)Nc2ccccc2C)n1. The Hall–Kier alpha value is -3.78. The van der Waals surface area contributed by atoms with Gasteiger partial charge < -0.3 is 15.4 Å². The number of benzene rings is 2. The first-order valence-corrected chi connectivity index (χ1v) is 10.8. The van der Waals surface area contributed by atoms with E-state index in [-0.39, 0.29) is 30.5 Å². The number of hydrogen-bond donors (Lipinski definition) is 2. The average Bonchev–Trinajstić information content (AvgIpc) is 3.20. The standard InChI is InChI=1S/C24H23N3O4S/c1-16-8-6-7-11-20(16)27-22(29)13-23-26-19(15-32-23)14-31-24(30)21(25-17(2)28)12-18-9-4-3-5-10-18/h3-12,15H,13-14H2,1-2H3,(H,25,28)(H,27,29). The van der Waals surface area contributed by atoms with Gasteiger partial charge in [-0.3, -0.25) is 9.59 Å². The number of carbonyl (C=O) groups is 3. The van der Waals surface area contributed by atoms with Crippen LogP contribution < -0.4 is 10.6 Å². The molecule has 3 aromatic rings. The molecule has 2 amide bonds. The number of carbonyl (C=O) groups excluding carboxylic acids is 3. The third kappa shape index (κ3) is 6.88. The summed E-state index contributed by atoms with van der Waals surface area (Å²) in [7, 11) is 0. The van der Waals surface area contributed by atoms with Gasteiger partial charge in [-0.25, -0.2) is 9.78 Å². The summed E-state index contributed by atoms with van der Waals surface area (Å²) in [6.07, 6.45) is 1.67. The maximum Gasteiger partial charge on any atom is 0.355 e. The van der Waals surface area contributed by atoms with E-state index in [9.17, 15) is 14.4 Å². The maximum absolute atomic E-state index is 12.5. The number of anilines is 1. The molecule has 0 saturated carbocycles. The van der Waals surface area contributed by atoms with Crippen molar-refractivity contribution in [2.75, 3.05) is 5.32 Å². The predicted octanol–water partition coefficient (Wildman–Crippen LogP) is 3.85. The summed E-state index contributed by atoms with van der Waals surface area (Å²) in [5, 5.41) is 7.72. The van der Waals surface area contributed by atoms with E-state index >= 15 is 0 Å². The summed E-state index contributed by atoms with van der Waals surface area (Å²) in [4.78, 5) is 40.6. The highest BCUT2D eigenvalue weighted by atomic mass is 32.1. The fourth-order valence-corrected chi connectivity index (χ4v) is 3.59. The first kappa shape index (κ1) is 22.9. The molecule has 1 aromatic heterocycles. The fraction of sp³-hybridized carbons (Fsp3) is 0.167. The molecule has 0 aliphatic carbocycles. The fourth-order valence-electron chi connectivity index (χ4n) is 2.81. The molecule has 0 aliphatic rings. The molecule has 3 rings (SSSR count). The second-order valence-electron chi connectivity index (χ2n) is 7.00. The van der Waals surface area contributed by atoms with Crippen LogP contribution in [-0.2, 0) is 32.1 Å². The summed E-state index contributed by atoms with van der Waals surface area (Å²) < 4.78 is 5.31. The van der Waals surface area contributed by atoms with Crippen LogP contribution in [0.3, 0.4) is 0 Å². The number of amides is 2. The second kappa shape index (κ2) is 11.0. The molecule has 1 heterocycles. The molecule has 0 spiro atoms. The Morgan fingerprint density at radius 1 is 1.06 bits per heavy atom. The molecule has 0 saturated heterocycles. The van der Waals surface area contributed by atoms with Crippen molar-refractivity contribution in [1.82, 2.24) is 10.3 Å². The zero-order chi connectivity index (χ0) is 22.9. The van der Waals surface area contributed by atoms with Crippen LogP contribution in [0.25, 0.3) is 6.08 Å². The van der Waals surface area contributed by atoms with Crippen LogP contribution in [0.1, 0.15) is 28.8 Å². The van der Waals surface area contributed by atoms with E-state index in [4.69, 9.17) is 4.74 Å².